The van der Waals surface area contributed by atoms with Crippen LogP contribution in [-0.2, 0) is 27.4 Å². The van der Waals surface area contributed by atoms with Crippen molar-refractivity contribution >= 4 is 18.0 Å². The first-order valence-corrected chi connectivity index (χ1v) is 11.9. The molecular formula is C28H30N2O6. The van der Waals surface area contributed by atoms with Gasteiger partial charge in [-0.2, -0.15) is 0 Å². The van der Waals surface area contributed by atoms with Gasteiger partial charge in [-0.25, -0.2) is 4.79 Å². The van der Waals surface area contributed by atoms with Gasteiger partial charge in [0.25, 0.3) is 5.91 Å². The van der Waals surface area contributed by atoms with Crippen LogP contribution in [0.5, 0.6) is 11.5 Å². The topological polar surface area (TPSA) is 99.9 Å². The summed E-state index contributed by atoms with van der Waals surface area (Å²) in [6.07, 6.45) is 5.77. The maximum atomic E-state index is 12.4. The van der Waals surface area contributed by atoms with Crippen molar-refractivity contribution < 1.29 is 28.3 Å². The van der Waals surface area contributed by atoms with Crippen LogP contribution in [0.1, 0.15) is 52.6 Å². The number of aromatic nitrogens is 1. The van der Waals surface area contributed by atoms with Crippen LogP contribution in [0.3, 0.4) is 0 Å². The summed E-state index contributed by atoms with van der Waals surface area (Å²) in [4.78, 5) is 24.5. The molecular weight excluding hydrogens is 460 g/mol. The predicted molar refractivity (Wildman–Crippen MR) is 134 cm³/mol. The Labute approximate surface area is 210 Å². The minimum absolute atomic E-state index is 0.0532. The maximum Gasteiger partial charge on any atom is 0.331 e. The molecule has 0 bridgehead atoms. The van der Waals surface area contributed by atoms with E-state index in [1.165, 1.54) is 11.6 Å². The third kappa shape index (κ3) is 6.13. The number of ether oxygens (including phenoxy) is 3. The molecule has 8 nitrogen and oxygen atoms in total. The Hall–Kier alpha value is -4.07. The molecule has 8 heteroatoms. The number of esters is 1. The minimum atomic E-state index is -0.605. The van der Waals surface area contributed by atoms with Crippen LogP contribution in [0, 0.1) is 13.8 Å². The van der Waals surface area contributed by atoms with Crippen molar-refractivity contribution in [2.75, 3.05) is 13.7 Å². The Morgan fingerprint density at radius 1 is 1.17 bits per heavy atom. The first kappa shape index (κ1) is 25.0. The molecule has 4 rings (SSSR count). The number of rotatable bonds is 9. The van der Waals surface area contributed by atoms with Gasteiger partial charge in [-0.3, -0.25) is 4.79 Å². The molecule has 1 aliphatic rings. The van der Waals surface area contributed by atoms with Gasteiger partial charge in [-0.15, -0.1) is 0 Å². The number of nitrogens with one attached hydrogen (secondary N) is 1. The molecule has 1 unspecified atom stereocenters. The first-order valence-electron chi connectivity index (χ1n) is 11.9. The molecule has 0 aliphatic heterocycles. The summed E-state index contributed by atoms with van der Waals surface area (Å²) in [5, 5.41) is 6.90. The minimum Gasteiger partial charge on any atom is -0.493 e. The fraction of sp³-hybridized carbons (Fsp3) is 0.321. The molecule has 1 N–H and O–H groups in total. The smallest absolute Gasteiger partial charge is 0.331 e. The molecule has 0 fully saturated rings. The molecule has 1 heterocycles. The second-order valence-corrected chi connectivity index (χ2v) is 8.65. The zero-order valence-corrected chi connectivity index (χ0v) is 20.7. The van der Waals surface area contributed by atoms with Crippen LogP contribution in [0.4, 0.5) is 0 Å². The Bertz CT molecular complexity index is 1240. The zero-order chi connectivity index (χ0) is 25.5. The number of nitrogens with zero attached hydrogens (tertiary/aromatic N) is 1. The summed E-state index contributed by atoms with van der Waals surface area (Å²) >= 11 is 0. The SMILES string of the molecule is COc1cc(/C=C/C(=O)OCC(=O)NC2CCCc3ccccc32)ccc1OCc1c(C)noc1C. The largest absolute Gasteiger partial charge is 0.493 e. The zero-order valence-electron chi connectivity index (χ0n) is 20.7. The lowest BCUT2D eigenvalue weighted by atomic mass is 9.88. The molecule has 0 spiro atoms. The molecule has 1 amide bonds. The van der Waals surface area contributed by atoms with E-state index in [0.717, 1.165) is 41.6 Å². The molecule has 188 valence electrons. The van der Waals surface area contributed by atoms with Gasteiger partial charge in [-0.05, 0) is 68.0 Å². The molecule has 1 aromatic heterocycles. The summed E-state index contributed by atoms with van der Waals surface area (Å²) in [5.74, 6) is 0.858. The van der Waals surface area contributed by atoms with Gasteiger partial charge in [0.05, 0.1) is 24.4 Å². The number of carbonyl (C=O) groups is 2. The van der Waals surface area contributed by atoms with Crippen LogP contribution >= 0.6 is 0 Å². The number of fused-ring (bicyclic) bond motifs is 1. The molecule has 0 saturated carbocycles. The molecule has 36 heavy (non-hydrogen) atoms. The van der Waals surface area contributed by atoms with Crippen molar-refractivity contribution in [2.45, 2.75) is 45.8 Å². The van der Waals surface area contributed by atoms with Gasteiger partial charge < -0.3 is 24.1 Å². The third-order valence-electron chi connectivity index (χ3n) is 6.20. The van der Waals surface area contributed by atoms with Gasteiger partial charge in [0.1, 0.15) is 12.4 Å². The fourth-order valence-electron chi connectivity index (χ4n) is 4.25. The molecule has 0 radical (unpaired) electrons. The average Bonchev–Trinajstić information content (AvgIpc) is 3.22. The number of benzene rings is 2. The molecule has 1 atom stereocenters. The van der Waals surface area contributed by atoms with Gasteiger partial charge >= 0.3 is 5.97 Å². The van der Waals surface area contributed by atoms with Crippen LogP contribution in [-0.4, -0.2) is 30.7 Å². The highest BCUT2D eigenvalue weighted by Gasteiger charge is 2.21. The maximum absolute atomic E-state index is 12.4. The van der Waals surface area contributed by atoms with Gasteiger partial charge in [-0.1, -0.05) is 35.5 Å². The highest BCUT2D eigenvalue weighted by atomic mass is 16.5. The van der Waals surface area contributed by atoms with Crippen molar-refractivity contribution in [3.63, 3.8) is 0 Å². The van der Waals surface area contributed by atoms with Crippen molar-refractivity contribution in [3.05, 3.63) is 82.2 Å². The van der Waals surface area contributed by atoms with E-state index in [-0.39, 0.29) is 18.6 Å². The van der Waals surface area contributed by atoms with Crippen molar-refractivity contribution in [2.24, 2.45) is 0 Å². The number of hydrogen-bond acceptors (Lipinski definition) is 7. The van der Waals surface area contributed by atoms with Crippen LogP contribution in [0.25, 0.3) is 6.08 Å². The predicted octanol–water partition coefficient (Wildman–Crippen LogP) is 4.63. The number of carbonyl (C=O) groups excluding carboxylic acids is 2. The van der Waals surface area contributed by atoms with Gasteiger partial charge in [0.15, 0.2) is 18.1 Å². The van der Waals surface area contributed by atoms with E-state index in [2.05, 4.69) is 16.5 Å². The highest BCUT2D eigenvalue weighted by molar-refractivity contribution is 5.89. The number of methoxy groups -OCH3 is 1. The highest BCUT2D eigenvalue weighted by Crippen LogP contribution is 2.30. The van der Waals surface area contributed by atoms with E-state index in [9.17, 15) is 9.59 Å². The third-order valence-corrected chi connectivity index (χ3v) is 6.20. The Morgan fingerprint density at radius 3 is 2.78 bits per heavy atom. The quantitative estimate of drug-likeness (QED) is 0.345. The molecule has 3 aromatic rings. The van der Waals surface area contributed by atoms with Crippen molar-refractivity contribution in [1.82, 2.24) is 10.5 Å². The van der Waals surface area contributed by atoms with Gasteiger partial charge in [0, 0.05) is 6.08 Å². The second kappa shape index (κ2) is 11.6. The standard InChI is InChI=1S/C28H30N2O6/c1-18-23(19(2)36-30-18)16-34-25-13-11-20(15-26(25)33-3)12-14-28(32)35-17-27(31)29-24-10-6-8-21-7-4-5-9-22(21)24/h4-5,7,9,11-15,24H,6,8,10,16-17H2,1-3H3,(H,29,31)/b14-12+. The van der Waals surface area contributed by atoms with E-state index in [1.54, 1.807) is 31.4 Å². The summed E-state index contributed by atoms with van der Waals surface area (Å²) in [6, 6.07) is 13.4. The summed E-state index contributed by atoms with van der Waals surface area (Å²) in [7, 11) is 1.54. The lowest BCUT2D eigenvalue weighted by molar-refractivity contribution is -0.144. The Kier molecular flexibility index (Phi) is 8.05. The molecule has 0 saturated heterocycles. The summed E-state index contributed by atoms with van der Waals surface area (Å²) in [5.41, 5.74) is 4.78. The second-order valence-electron chi connectivity index (χ2n) is 8.65. The van der Waals surface area contributed by atoms with E-state index in [0.29, 0.717) is 23.9 Å². The lowest BCUT2D eigenvalue weighted by Gasteiger charge is -2.26. The van der Waals surface area contributed by atoms with Crippen LogP contribution < -0.4 is 14.8 Å². The first-order chi connectivity index (χ1) is 17.4. The Morgan fingerprint density at radius 2 is 2.00 bits per heavy atom. The van der Waals surface area contributed by atoms with E-state index < -0.39 is 5.97 Å². The number of hydrogen-bond donors (Lipinski definition) is 1. The van der Waals surface area contributed by atoms with Crippen LogP contribution in [0.2, 0.25) is 0 Å². The molecule has 2 aromatic carbocycles. The van der Waals surface area contributed by atoms with Crippen molar-refractivity contribution in [1.29, 1.82) is 0 Å². The monoisotopic (exact) mass is 490 g/mol. The van der Waals surface area contributed by atoms with E-state index in [1.807, 2.05) is 32.0 Å². The van der Waals surface area contributed by atoms with E-state index in [4.69, 9.17) is 18.7 Å². The Balaban J connectivity index is 1.28. The van der Waals surface area contributed by atoms with Gasteiger partial charge in [0.2, 0.25) is 0 Å². The average molecular weight is 491 g/mol. The molecule has 1 aliphatic carbocycles. The van der Waals surface area contributed by atoms with Crippen molar-refractivity contribution in [3.8, 4) is 11.5 Å². The number of aryl methyl sites for hydroxylation is 3. The summed E-state index contributed by atoms with van der Waals surface area (Å²) in [6.45, 7) is 3.66. The summed E-state index contributed by atoms with van der Waals surface area (Å²) < 4.78 is 21.6. The lowest BCUT2D eigenvalue weighted by Crippen LogP contribution is -2.34. The normalized spacial score (nSPS) is 14.8. The number of amides is 1. The van der Waals surface area contributed by atoms with Crippen LogP contribution in [0.15, 0.2) is 53.1 Å². The fourth-order valence-corrected chi connectivity index (χ4v) is 4.25. The van der Waals surface area contributed by atoms with E-state index >= 15 is 0 Å².